The molecule has 1 heterocycles. The van der Waals surface area contributed by atoms with Crippen LogP contribution < -0.4 is 15.5 Å². The first-order valence-electron chi connectivity index (χ1n) is 10.2. The van der Waals surface area contributed by atoms with Gasteiger partial charge < -0.3 is 20.3 Å². The van der Waals surface area contributed by atoms with Crippen molar-refractivity contribution in [2.75, 3.05) is 43.1 Å². The third-order valence-electron chi connectivity index (χ3n) is 5.50. The Morgan fingerprint density at radius 3 is 2.55 bits per heavy atom. The number of nitrogens with two attached hydrogens (primary N) is 1. The van der Waals surface area contributed by atoms with Gasteiger partial charge in [-0.15, -0.1) is 0 Å². The summed E-state index contributed by atoms with van der Waals surface area (Å²) in [4.78, 5) is 14.7. The Kier molecular flexibility index (Phi) is 6.08. The number of nitrogens with zero attached hydrogens (tertiary/aromatic N) is 1. The number of benzene rings is 3. The summed E-state index contributed by atoms with van der Waals surface area (Å²) in [7, 11) is 0. The Morgan fingerprint density at radius 1 is 1.03 bits per heavy atom. The number of carbonyl (C=O) groups excluding carboxylic acids is 1. The topological polar surface area (TPSA) is 58.2 Å². The molecular weight excluding hydrogens is 362 g/mol. The molecular formula is C24H28N3O2+. The number of hydrogen-bond acceptors (Lipinski definition) is 3. The average Bonchev–Trinajstić information content (AvgIpc) is 2.78. The molecule has 3 aromatic carbocycles. The summed E-state index contributed by atoms with van der Waals surface area (Å²) in [5.41, 5.74) is 3.26. The molecule has 5 heteroatoms. The lowest BCUT2D eigenvalue weighted by Crippen LogP contribution is -2.86. The van der Waals surface area contributed by atoms with Gasteiger partial charge in [-0.1, -0.05) is 42.5 Å². The van der Waals surface area contributed by atoms with E-state index in [2.05, 4.69) is 77.1 Å². The molecule has 0 unspecified atom stereocenters. The molecule has 150 valence electrons. The van der Waals surface area contributed by atoms with Crippen LogP contribution in [0.15, 0.2) is 66.7 Å². The molecule has 5 nitrogen and oxygen atoms in total. The number of amides is 1. The molecule has 0 spiro atoms. The maximum Gasteiger partial charge on any atom is 0.279 e. The molecule has 1 saturated heterocycles. The van der Waals surface area contributed by atoms with E-state index in [4.69, 9.17) is 4.74 Å². The minimum absolute atomic E-state index is 0.0104. The van der Waals surface area contributed by atoms with Crippen LogP contribution in [0.25, 0.3) is 10.8 Å². The van der Waals surface area contributed by atoms with E-state index in [1.807, 2.05) is 12.1 Å². The third-order valence-corrected chi connectivity index (χ3v) is 5.50. The van der Waals surface area contributed by atoms with Gasteiger partial charge in [0.25, 0.3) is 5.91 Å². The number of morpholine rings is 1. The lowest BCUT2D eigenvalue weighted by molar-refractivity contribution is -0.682. The van der Waals surface area contributed by atoms with E-state index in [1.54, 1.807) is 0 Å². The first-order valence-corrected chi connectivity index (χ1v) is 10.2. The summed E-state index contributed by atoms with van der Waals surface area (Å²) in [6.45, 7) is 5.88. The molecule has 0 aliphatic carbocycles. The molecule has 0 radical (unpaired) electrons. The lowest BCUT2D eigenvalue weighted by Gasteiger charge is -2.28. The van der Waals surface area contributed by atoms with E-state index in [9.17, 15) is 4.79 Å². The molecule has 3 N–H and O–H groups in total. The quantitative estimate of drug-likeness (QED) is 0.680. The van der Waals surface area contributed by atoms with Crippen LogP contribution in [0.2, 0.25) is 0 Å². The fourth-order valence-electron chi connectivity index (χ4n) is 3.85. The lowest BCUT2D eigenvalue weighted by atomic mass is 10.00. The smallest absolute Gasteiger partial charge is 0.279 e. The molecule has 3 aromatic rings. The predicted octanol–water partition coefficient (Wildman–Crippen LogP) is 2.94. The Balaban J connectivity index is 1.32. The molecule has 29 heavy (non-hydrogen) atoms. The van der Waals surface area contributed by atoms with Crippen molar-refractivity contribution in [3.8, 4) is 0 Å². The van der Waals surface area contributed by atoms with E-state index in [0.29, 0.717) is 6.54 Å². The second-order valence-electron chi connectivity index (χ2n) is 7.49. The molecule has 1 atom stereocenters. The van der Waals surface area contributed by atoms with Gasteiger partial charge in [0.1, 0.15) is 6.04 Å². The summed E-state index contributed by atoms with van der Waals surface area (Å²) in [5.74, 6) is 0.0104. The van der Waals surface area contributed by atoms with Gasteiger partial charge in [0.15, 0.2) is 6.54 Å². The van der Waals surface area contributed by atoms with E-state index in [1.165, 1.54) is 22.0 Å². The van der Waals surface area contributed by atoms with Gasteiger partial charge in [0.2, 0.25) is 0 Å². The van der Waals surface area contributed by atoms with E-state index in [0.717, 1.165) is 32.0 Å². The van der Waals surface area contributed by atoms with E-state index >= 15 is 0 Å². The number of carbonyl (C=O) groups is 1. The van der Waals surface area contributed by atoms with Crippen molar-refractivity contribution in [3.05, 3.63) is 72.3 Å². The summed E-state index contributed by atoms with van der Waals surface area (Å²) in [5, 5.41) is 7.56. The molecule has 4 rings (SSSR count). The third kappa shape index (κ3) is 4.75. The number of hydrogen-bond donors (Lipinski definition) is 2. The summed E-state index contributed by atoms with van der Waals surface area (Å²) in [6.07, 6.45) is 0. The molecule has 1 fully saturated rings. The maximum atomic E-state index is 12.4. The highest BCUT2D eigenvalue weighted by atomic mass is 16.5. The van der Waals surface area contributed by atoms with Crippen molar-refractivity contribution >= 4 is 28.1 Å². The Bertz CT molecular complexity index is 960. The van der Waals surface area contributed by atoms with Crippen LogP contribution in [0.3, 0.4) is 0 Å². The normalized spacial score (nSPS) is 15.3. The molecule has 1 aliphatic heterocycles. The van der Waals surface area contributed by atoms with Crippen molar-refractivity contribution in [3.63, 3.8) is 0 Å². The van der Waals surface area contributed by atoms with Gasteiger partial charge in [0, 0.05) is 30.0 Å². The molecule has 0 bridgehead atoms. The second kappa shape index (κ2) is 9.07. The van der Waals surface area contributed by atoms with Gasteiger partial charge in [-0.05, 0) is 42.0 Å². The van der Waals surface area contributed by atoms with Crippen LogP contribution in [0.5, 0.6) is 0 Å². The number of quaternary nitrogens is 1. The minimum atomic E-state index is 0.0104. The van der Waals surface area contributed by atoms with Crippen LogP contribution in [-0.4, -0.2) is 38.8 Å². The zero-order valence-corrected chi connectivity index (χ0v) is 16.8. The Morgan fingerprint density at radius 2 is 1.76 bits per heavy atom. The van der Waals surface area contributed by atoms with Crippen molar-refractivity contribution in [2.24, 2.45) is 0 Å². The van der Waals surface area contributed by atoms with Gasteiger partial charge in [-0.25, -0.2) is 0 Å². The molecule has 0 aromatic heterocycles. The van der Waals surface area contributed by atoms with Crippen molar-refractivity contribution in [1.29, 1.82) is 0 Å². The van der Waals surface area contributed by atoms with Crippen LogP contribution >= 0.6 is 0 Å². The van der Waals surface area contributed by atoms with Crippen molar-refractivity contribution in [1.82, 2.24) is 0 Å². The first kappa shape index (κ1) is 19.4. The number of anilines is 2. The van der Waals surface area contributed by atoms with Gasteiger partial charge in [-0.3, -0.25) is 4.79 Å². The number of fused-ring (bicyclic) bond motifs is 1. The molecule has 1 amide bonds. The highest BCUT2D eigenvalue weighted by molar-refractivity contribution is 5.91. The predicted molar refractivity (Wildman–Crippen MR) is 117 cm³/mol. The fourth-order valence-corrected chi connectivity index (χ4v) is 3.85. The van der Waals surface area contributed by atoms with Crippen LogP contribution in [-0.2, 0) is 9.53 Å². The van der Waals surface area contributed by atoms with Crippen LogP contribution in [0, 0.1) is 0 Å². The Hall–Kier alpha value is -2.89. The monoisotopic (exact) mass is 390 g/mol. The van der Waals surface area contributed by atoms with E-state index < -0.39 is 0 Å². The van der Waals surface area contributed by atoms with Crippen molar-refractivity contribution < 1.29 is 14.8 Å². The maximum absolute atomic E-state index is 12.4. The largest absolute Gasteiger partial charge is 0.378 e. The number of ether oxygens (including phenoxy) is 1. The first-order chi connectivity index (χ1) is 14.2. The minimum Gasteiger partial charge on any atom is -0.378 e. The highest BCUT2D eigenvalue weighted by Crippen LogP contribution is 2.22. The fraction of sp³-hybridized carbons (Fsp3) is 0.292. The second-order valence-corrected chi connectivity index (χ2v) is 7.49. The van der Waals surface area contributed by atoms with E-state index in [-0.39, 0.29) is 11.9 Å². The summed E-state index contributed by atoms with van der Waals surface area (Å²) < 4.78 is 5.40. The van der Waals surface area contributed by atoms with Crippen LogP contribution in [0.1, 0.15) is 18.5 Å². The SMILES string of the molecule is C[C@H]([NH2+]CC(=O)Nc1ccc(N2CCOCC2)cc1)c1cccc2ccccc12. The standard InChI is InChI=1S/C24H27N3O2/c1-18(22-8-4-6-19-5-2-3-7-23(19)22)25-17-24(28)26-20-9-11-21(12-10-20)27-13-15-29-16-14-27/h2-12,18,25H,13-17H2,1H3,(H,26,28)/p+1/t18-/m0/s1. The van der Waals surface area contributed by atoms with Crippen molar-refractivity contribution in [2.45, 2.75) is 13.0 Å². The Labute approximate surface area is 171 Å². The highest BCUT2D eigenvalue weighted by Gasteiger charge is 2.15. The molecule has 1 aliphatic rings. The molecule has 0 saturated carbocycles. The average molecular weight is 391 g/mol. The zero-order chi connectivity index (χ0) is 20.1. The van der Waals surface area contributed by atoms with Gasteiger partial charge in [0.05, 0.1) is 13.2 Å². The van der Waals surface area contributed by atoms with Gasteiger partial charge >= 0.3 is 0 Å². The number of nitrogens with one attached hydrogen (secondary N) is 1. The zero-order valence-electron chi connectivity index (χ0n) is 16.8. The summed E-state index contributed by atoms with van der Waals surface area (Å²) in [6, 6.07) is 23.0. The van der Waals surface area contributed by atoms with Gasteiger partial charge in [-0.2, -0.15) is 0 Å². The number of rotatable bonds is 6. The summed E-state index contributed by atoms with van der Waals surface area (Å²) >= 11 is 0. The van der Waals surface area contributed by atoms with Crippen LogP contribution in [0.4, 0.5) is 11.4 Å².